The Morgan fingerprint density at radius 3 is 2.81 bits per heavy atom. The summed E-state index contributed by atoms with van der Waals surface area (Å²) in [6.07, 6.45) is 11.1. The average molecular weight is 351 g/mol. The van der Waals surface area contributed by atoms with Gasteiger partial charge in [0.25, 0.3) is 0 Å². The number of hydrogen-bond acceptors (Lipinski definition) is 4. The summed E-state index contributed by atoms with van der Waals surface area (Å²) < 4.78 is 3.64. The highest BCUT2D eigenvalue weighted by molar-refractivity contribution is 5.74. The minimum Gasteiger partial charge on any atom is -0.334 e. The van der Waals surface area contributed by atoms with E-state index in [1.807, 2.05) is 46.2 Å². The summed E-state index contributed by atoms with van der Waals surface area (Å²) >= 11 is 0. The van der Waals surface area contributed by atoms with Crippen LogP contribution in [0, 0.1) is 0 Å². The molecule has 2 amide bonds. The molecular formula is C18H21N7O. The molecule has 3 aromatic rings. The molecule has 1 unspecified atom stereocenters. The first kappa shape index (κ1) is 16.3. The van der Waals surface area contributed by atoms with Crippen LogP contribution in [0.2, 0.25) is 0 Å². The van der Waals surface area contributed by atoms with Crippen molar-refractivity contribution in [2.24, 2.45) is 0 Å². The van der Waals surface area contributed by atoms with Gasteiger partial charge in [0.2, 0.25) is 0 Å². The van der Waals surface area contributed by atoms with Crippen LogP contribution < -0.4 is 5.32 Å². The van der Waals surface area contributed by atoms with Gasteiger partial charge >= 0.3 is 6.03 Å². The van der Waals surface area contributed by atoms with E-state index in [2.05, 4.69) is 20.5 Å². The number of nitrogens with one attached hydrogen (secondary N) is 1. The molecular weight excluding hydrogens is 330 g/mol. The number of urea groups is 1. The van der Waals surface area contributed by atoms with Crippen LogP contribution in [0.15, 0.2) is 55.2 Å². The van der Waals surface area contributed by atoms with E-state index >= 15 is 0 Å². The number of amides is 2. The summed E-state index contributed by atoms with van der Waals surface area (Å²) in [5, 5.41) is 11.4. The fourth-order valence-electron chi connectivity index (χ4n) is 3.20. The van der Waals surface area contributed by atoms with E-state index in [0.29, 0.717) is 13.1 Å². The Hall–Kier alpha value is -3.16. The van der Waals surface area contributed by atoms with E-state index in [1.165, 1.54) is 0 Å². The minimum atomic E-state index is -0.0435. The van der Waals surface area contributed by atoms with Gasteiger partial charge in [-0.1, -0.05) is 6.07 Å². The third-order valence-corrected chi connectivity index (χ3v) is 4.57. The van der Waals surface area contributed by atoms with Crippen molar-refractivity contribution in [3.8, 4) is 5.82 Å². The molecule has 0 spiro atoms. The molecule has 4 heterocycles. The number of aromatic nitrogens is 5. The van der Waals surface area contributed by atoms with E-state index < -0.39 is 0 Å². The van der Waals surface area contributed by atoms with Crippen molar-refractivity contribution in [1.82, 2.24) is 34.8 Å². The van der Waals surface area contributed by atoms with Gasteiger partial charge in [0.15, 0.2) is 5.82 Å². The Balaban J connectivity index is 1.32. The summed E-state index contributed by atoms with van der Waals surface area (Å²) in [6, 6.07) is 7.82. The molecule has 1 saturated heterocycles. The topological polar surface area (TPSA) is 80.9 Å². The zero-order valence-corrected chi connectivity index (χ0v) is 14.4. The van der Waals surface area contributed by atoms with Gasteiger partial charge in [-0.15, -0.1) is 0 Å². The molecule has 0 saturated carbocycles. The van der Waals surface area contributed by atoms with Crippen LogP contribution >= 0.6 is 0 Å². The van der Waals surface area contributed by atoms with Gasteiger partial charge < -0.3 is 10.2 Å². The molecule has 134 valence electrons. The number of pyridine rings is 1. The van der Waals surface area contributed by atoms with Crippen molar-refractivity contribution >= 4 is 6.03 Å². The van der Waals surface area contributed by atoms with Crippen molar-refractivity contribution in [3.05, 3.63) is 60.8 Å². The molecule has 8 heteroatoms. The zero-order valence-electron chi connectivity index (χ0n) is 14.4. The maximum Gasteiger partial charge on any atom is 0.317 e. The SMILES string of the molecule is O=C(NCc1ccc(-n2cccn2)nc1)N1CCCC(n2cccn2)C1. The van der Waals surface area contributed by atoms with Gasteiger partial charge in [-0.25, -0.2) is 14.5 Å². The smallest absolute Gasteiger partial charge is 0.317 e. The second kappa shape index (κ2) is 7.38. The van der Waals surface area contributed by atoms with Gasteiger partial charge in [0.05, 0.1) is 6.04 Å². The van der Waals surface area contributed by atoms with Gasteiger partial charge in [0, 0.05) is 50.6 Å². The second-order valence-electron chi connectivity index (χ2n) is 6.36. The van der Waals surface area contributed by atoms with E-state index in [9.17, 15) is 4.79 Å². The number of piperidine rings is 1. The highest BCUT2D eigenvalue weighted by atomic mass is 16.2. The molecule has 1 N–H and O–H groups in total. The number of hydrogen-bond donors (Lipinski definition) is 1. The molecule has 8 nitrogen and oxygen atoms in total. The van der Waals surface area contributed by atoms with Crippen LogP contribution in [0.1, 0.15) is 24.4 Å². The van der Waals surface area contributed by atoms with E-state index in [1.54, 1.807) is 23.3 Å². The Kier molecular flexibility index (Phi) is 4.63. The van der Waals surface area contributed by atoms with Crippen LogP contribution in [-0.2, 0) is 6.54 Å². The largest absolute Gasteiger partial charge is 0.334 e. The van der Waals surface area contributed by atoms with Gasteiger partial charge in [-0.05, 0) is 36.6 Å². The number of carbonyl (C=O) groups is 1. The van der Waals surface area contributed by atoms with E-state index in [4.69, 9.17) is 0 Å². The molecule has 1 atom stereocenters. The molecule has 3 aromatic heterocycles. The van der Waals surface area contributed by atoms with Crippen LogP contribution in [-0.4, -0.2) is 48.6 Å². The summed E-state index contributed by atoms with van der Waals surface area (Å²) in [4.78, 5) is 18.7. The van der Waals surface area contributed by atoms with E-state index in [-0.39, 0.29) is 12.1 Å². The molecule has 0 radical (unpaired) electrons. The number of carbonyl (C=O) groups excluding carboxylic acids is 1. The van der Waals surface area contributed by atoms with Gasteiger partial charge in [-0.3, -0.25) is 4.68 Å². The average Bonchev–Trinajstić information content (AvgIpc) is 3.40. The highest BCUT2D eigenvalue weighted by Crippen LogP contribution is 2.20. The minimum absolute atomic E-state index is 0.0435. The number of likely N-dealkylation sites (tertiary alicyclic amines) is 1. The lowest BCUT2D eigenvalue weighted by molar-refractivity contribution is 0.163. The van der Waals surface area contributed by atoms with Gasteiger partial charge in [-0.2, -0.15) is 10.2 Å². The molecule has 0 bridgehead atoms. The van der Waals surface area contributed by atoms with Gasteiger partial charge in [0.1, 0.15) is 0 Å². The molecule has 0 aliphatic carbocycles. The van der Waals surface area contributed by atoms with Crippen molar-refractivity contribution in [2.45, 2.75) is 25.4 Å². The summed E-state index contributed by atoms with van der Waals surface area (Å²) in [7, 11) is 0. The maximum atomic E-state index is 12.5. The Morgan fingerprint density at radius 2 is 2.08 bits per heavy atom. The first-order chi connectivity index (χ1) is 12.8. The second-order valence-corrected chi connectivity index (χ2v) is 6.36. The fraction of sp³-hybridized carbons (Fsp3) is 0.333. The number of nitrogens with zero attached hydrogens (tertiary/aromatic N) is 6. The monoisotopic (exact) mass is 351 g/mol. The van der Waals surface area contributed by atoms with Crippen molar-refractivity contribution in [3.63, 3.8) is 0 Å². The first-order valence-corrected chi connectivity index (χ1v) is 8.76. The van der Waals surface area contributed by atoms with Crippen molar-refractivity contribution in [2.75, 3.05) is 13.1 Å². The normalized spacial score (nSPS) is 17.2. The van der Waals surface area contributed by atoms with E-state index in [0.717, 1.165) is 30.8 Å². The molecule has 4 rings (SSSR count). The zero-order chi connectivity index (χ0) is 17.8. The Labute approximate surface area is 151 Å². The predicted molar refractivity (Wildman–Crippen MR) is 95.7 cm³/mol. The lowest BCUT2D eigenvalue weighted by atomic mass is 10.1. The van der Waals surface area contributed by atoms with Crippen molar-refractivity contribution in [1.29, 1.82) is 0 Å². The number of rotatable bonds is 4. The lowest BCUT2D eigenvalue weighted by Crippen LogP contribution is -2.45. The molecule has 0 aromatic carbocycles. The molecule has 1 fully saturated rings. The molecule has 1 aliphatic heterocycles. The molecule has 26 heavy (non-hydrogen) atoms. The first-order valence-electron chi connectivity index (χ1n) is 8.76. The summed E-state index contributed by atoms with van der Waals surface area (Å²) in [5.41, 5.74) is 0.954. The molecule has 1 aliphatic rings. The quantitative estimate of drug-likeness (QED) is 0.780. The Bertz CT molecular complexity index is 827. The highest BCUT2D eigenvalue weighted by Gasteiger charge is 2.24. The predicted octanol–water partition coefficient (Wildman–Crippen LogP) is 2.01. The van der Waals surface area contributed by atoms with Crippen LogP contribution in [0.3, 0.4) is 0 Å². The van der Waals surface area contributed by atoms with Crippen LogP contribution in [0.4, 0.5) is 4.79 Å². The van der Waals surface area contributed by atoms with Crippen LogP contribution in [0.25, 0.3) is 5.82 Å². The maximum absolute atomic E-state index is 12.5. The fourth-order valence-corrected chi connectivity index (χ4v) is 3.20. The lowest BCUT2D eigenvalue weighted by Gasteiger charge is -2.32. The summed E-state index contributed by atoms with van der Waals surface area (Å²) in [6.45, 7) is 1.91. The van der Waals surface area contributed by atoms with Crippen LogP contribution in [0.5, 0.6) is 0 Å². The Morgan fingerprint density at radius 1 is 1.19 bits per heavy atom. The third-order valence-electron chi connectivity index (χ3n) is 4.57. The van der Waals surface area contributed by atoms with Crippen molar-refractivity contribution < 1.29 is 4.79 Å². The third kappa shape index (κ3) is 3.58. The summed E-state index contributed by atoms with van der Waals surface area (Å²) in [5.74, 6) is 0.753. The standard InChI is InChI=1S/C18H21N7O/c26-18(23-9-1-4-16(14-23)24-10-2-7-21-24)20-13-15-5-6-17(19-12-15)25-11-3-8-22-25/h2-3,5-8,10-12,16H,1,4,9,13-14H2,(H,20,26).